The monoisotopic (exact) mass is 215 g/mol. The first-order valence-corrected chi connectivity index (χ1v) is 4.96. The minimum Gasteiger partial charge on any atom is -0.315 e. The largest absolute Gasteiger partial charge is 0.315 e. The molecule has 1 aliphatic carbocycles. The smallest absolute Gasteiger partial charge is 0.166 e. The van der Waals surface area contributed by atoms with Crippen LogP contribution in [0.1, 0.15) is 23.2 Å². The first-order valence-electron chi connectivity index (χ1n) is 4.21. The zero-order valence-electron chi connectivity index (χ0n) is 6.72. The van der Waals surface area contributed by atoms with E-state index < -0.39 is 0 Å². The lowest BCUT2D eigenvalue weighted by atomic mass is 9.77. The third-order valence-corrected chi connectivity index (χ3v) is 3.41. The van der Waals surface area contributed by atoms with Crippen LogP contribution in [0.15, 0.2) is 0 Å². The molecule has 0 amide bonds. The SMILES string of the molecule is Clc1nc2c(nc1Cl)C1CNCC21. The van der Waals surface area contributed by atoms with E-state index in [0.29, 0.717) is 22.1 Å². The van der Waals surface area contributed by atoms with Crippen molar-refractivity contribution in [1.29, 1.82) is 0 Å². The topological polar surface area (TPSA) is 37.8 Å². The zero-order valence-corrected chi connectivity index (χ0v) is 8.23. The molecule has 3 nitrogen and oxygen atoms in total. The molecule has 68 valence electrons. The van der Waals surface area contributed by atoms with E-state index in [9.17, 15) is 0 Å². The molecule has 2 atom stereocenters. The molecular formula is C8H7Cl2N3. The molecule has 1 saturated heterocycles. The number of rotatable bonds is 0. The Labute approximate surface area is 85.5 Å². The van der Waals surface area contributed by atoms with E-state index in [-0.39, 0.29) is 0 Å². The van der Waals surface area contributed by atoms with Crippen LogP contribution in [0.3, 0.4) is 0 Å². The third kappa shape index (κ3) is 0.951. The van der Waals surface area contributed by atoms with E-state index >= 15 is 0 Å². The lowest BCUT2D eigenvalue weighted by Crippen LogP contribution is -2.26. The van der Waals surface area contributed by atoms with Crippen LogP contribution in [0.4, 0.5) is 0 Å². The molecule has 3 rings (SSSR count). The molecule has 1 fully saturated rings. The molecule has 0 spiro atoms. The molecule has 1 N–H and O–H groups in total. The summed E-state index contributed by atoms with van der Waals surface area (Å²) >= 11 is 11.6. The fourth-order valence-corrected chi connectivity index (χ4v) is 2.39. The molecule has 13 heavy (non-hydrogen) atoms. The average Bonchev–Trinajstić information content (AvgIpc) is 2.52. The van der Waals surface area contributed by atoms with Gasteiger partial charge >= 0.3 is 0 Å². The van der Waals surface area contributed by atoms with Gasteiger partial charge in [0.2, 0.25) is 0 Å². The van der Waals surface area contributed by atoms with Gasteiger partial charge in [-0.2, -0.15) is 0 Å². The predicted molar refractivity (Wildman–Crippen MR) is 50.4 cm³/mol. The molecule has 1 aromatic heterocycles. The first kappa shape index (κ1) is 7.97. The molecule has 1 aliphatic heterocycles. The second-order valence-corrected chi connectivity index (χ2v) is 4.16. The van der Waals surface area contributed by atoms with Gasteiger partial charge in [-0.05, 0) is 0 Å². The summed E-state index contributed by atoms with van der Waals surface area (Å²) in [4.78, 5) is 8.47. The molecule has 5 heteroatoms. The standard InChI is InChI=1S/C8H7Cl2N3/c9-7-8(10)13-6-4-2-11-1-3(4)5(6)12-7/h3-4,11H,1-2H2. The molecule has 0 bridgehead atoms. The van der Waals surface area contributed by atoms with Crippen LogP contribution in [0, 0.1) is 0 Å². The maximum Gasteiger partial charge on any atom is 0.166 e. The Kier molecular flexibility index (Phi) is 1.57. The van der Waals surface area contributed by atoms with Crippen molar-refractivity contribution < 1.29 is 0 Å². The number of aromatic nitrogens is 2. The normalized spacial score (nSPS) is 29.4. The summed E-state index contributed by atoms with van der Waals surface area (Å²) < 4.78 is 0. The van der Waals surface area contributed by atoms with Crippen LogP contribution in [0.5, 0.6) is 0 Å². The molecular weight excluding hydrogens is 209 g/mol. The highest BCUT2D eigenvalue weighted by Crippen LogP contribution is 2.47. The number of nitrogens with zero attached hydrogens (tertiary/aromatic N) is 2. The summed E-state index contributed by atoms with van der Waals surface area (Å²) in [6, 6.07) is 0. The molecule has 2 aliphatic rings. The van der Waals surface area contributed by atoms with Crippen LogP contribution < -0.4 is 5.32 Å². The highest BCUT2D eigenvalue weighted by atomic mass is 35.5. The first-order chi connectivity index (χ1) is 6.27. The quantitative estimate of drug-likeness (QED) is 0.715. The molecule has 0 aromatic carbocycles. The second kappa shape index (κ2) is 2.56. The van der Waals surface area contributed by atoms with Crippen LogP contribution in [-0.2, 0) is 0 Å². The third-order valence-electron chi connectivity index (χ3n) is 2.79. The maximum absolute atomic E-state index is 5.78. The fraction of sp³-hybridized carbons (Fsp3) is 0.500. The second-order valence-electron chi connectivity index (χ2n) is 3.45. The van der Waals surface area contributed by atoms with Gasteiger partial charge in [0.05, 0.1) is 11.4 Å². The summed E-state index contributed by atoms with van der Waals surface area (Å²) in [6.07, 6.45) is 0. The van der Waals surface area contributed by atoms with E-state index in [1.807, 2.05) is 0 Å². The van der Waals surface area contributed by atoms with Crippen molar-refractivity contribution in [3.05, 3.63) is 21.7 Å². The minimum atomic E-state index is 0.325. The molecule has 2 unspecified atom stereocenters. The number of halogens is 2. The number of nitrogens with one attached hydrogen (secondary N) is 1. The summed E-state index contributed by atoms with van der Waals surface area (Å²) in [6.45, 7) is 1.98. The van der Waals surface area contributed by atoms with Crippen molar-refractivity contribution in [3.63, 3.8) is 0 Å². The Balaban J connectivity index is 2.13. The van der Waals surface area contributed by atoms with Gasteiger partial charge < -0.3 is 5.32 Å². The van der Waals surface area contributed by atoms with Crippen molar-refractivity contribution in [3.8, 4) is 0 Å². The predicted octanol–water partition coefficient (Wildman–Crippen LogP) is 1.57. The highest BCUT2D eigenvalue weighted by molar-refractivity contribution is 6.40. The van der Waals surface area contributed by atoms with Gasteiger partial charge in [0, 0.05) is 24.9 Å². The Hall–Kier alpha value is -0.380. The van der Waals surface area contributed by atoms with Gasteiger partial charge in [-0.1, -0.05) is 23.2 Å². The molecule has 2 heterocycles. The number of fused-ring (bicyclic) bond motifs is 4. The molecule has 0 radical (unpaired) electrons. The summed E-state index contributed by atoms with van der Waals surface area (Å²) in [5.41, 5.74) is 2.06. The van der Waals surface area contributed by atoms with Gasteiger partial charge in [-0.25, -0.2) is 9.97 Å². The van der Waals surface area contributed by atoms with Gasteiger partial charge in [-0.15, -0.1) is 0 Å². The maximum atomic E-state index is 5.78. The van der Waals surface area contributed by atoms with Gasteiger partial charge in [0.1, 0.15) is 0 Å². The molecule has 0 saturated carbocycles. The lowest BCUT2D eigenvalue weighted by molar-refractivity contribution is 0.533. The van der Waals surface area contributed by atoms with E-state index in [1.54, 1.807) is 0 Å². The van der Waals surface area contributed by atoms with Gasteiger partial charge in [0.15, 0.2) is 10.3 Å². The van der Waals surface area contributed by atoms with Gasteiger partial charge in [-0.3, -0.25) is 0 Å². The summed E-state index contributed by atoms with van der Waals surface area (Å²) in [5.74, 6) is 1.02. The zero-order chi connectivity index (χ0) is 9.00. The van der Waals surface area contributed by atoms with E-state index in [1.165, 1.54) is 0 Å². The van der Waals surface area contributed by atoms with Crippen molar-refractivity contribution in [2.75, 3.05) is 13.1 Å². The summed E-state index contributed by atoms with van der Waals surface area (Å²) in [7, 11) is 0. The van der Waals surface area contributed by atoms with E-state index in [4.69, 9.17) is 23.2 Å². The van der Waals surface area contributed by atoms with Crippen LogP contribution in [-0.4, -0.2) is 23.1 Å². The van der Waals surface area contributed by atoms with Gasteiger partial charge in [0.25, 0.3) is 0 Å². The Morgan fingerprint density at radius 2 is 1.46 bits per heavy atom. The summed E-state index contributed by atoms with van der Waals surface area (Å²) in [5, 5.41) is 3.95. The van der Waals surface area contributed by atoms with Crippen LogP contribution >= 0.6 is 23.2 Å². The van der Waals surface area contributed by atoms with Crippen molar-refractivity contribution in [1.82, 2.24) is 15.3 Å². The van der Waals surface area contributed by atoms with Crippen molar-refractivity contribution in [2.24, 2.45) is 0 Å². The van der Waals surface area contributed by atoms with Crippen LogP contribution in [0.25, 0.3) is 0 Å². The van der Waals surface area contributed by atoms with E-state index in [2.05, 4.69) is 15.3 Å². The Bertz CT molecular complexity index is 345. The van der Waals surface area contributed by atoms with Crippen LogP contribution in [0.2, 0.25) is 10.3 Å². The number of hydrogen-bond acceptors (Lipinski definition) is 3. The average molecular weight is 216 g/mol. The van der Waals surface area contributed by atoms with Crippen molar-refractivity contribution in [2.45, 2.75) is 11.8 Å². The van der Waals surface area contributed by atoms with Crippen molar-refractivity contribution >= 4 is 23.2 Å². The lowest BCUT2D eigenvalue weighted by Gasteiger charge is -2.30. The van der Waals surface area contributed by atoms with E-state index in [0.717, 1.165) is 24.5 Å². The minimum absolute atomic E-state index is 0.325. The molecule has 1 aromatic rings. The highest BCUT2D eigenvalue weighted by Gasteiger charge is 2.44. The Morgan fingerprint density at radius 3 is 1.92 bits per heavy atom. The number of hydrogen-bond donors (Lipinski definition) is 1. The Morgan fingerprint density at radius 1 is 1.00 bits per heavy atom. The fourth-order valence-electron chi connectivity index (χ4n) is 2.12.